The summed E-state index contributed by atoms with van der Waals surface area (Å²) < 4.78 is 5.24. The Kier molecular flexibility index (Phi) is 5.76. The van der Waals surface area contributed by atoms with Crippen molar-refractivity contribution in [2.45, 2.75) is 53.0 Å². The lowest BCUT2D eigenvalue weighted by atomic mass is 9.90. The third-order valence-corrected chi connectivity index (χ3v) is 2.17. The zero-order chi connectivity index (χ0) is 10.3. The minimum absolute atomic E-state index is 0.0805. The van der Waals surface area contributed by atoms with Gasteiger partial charge in [0, 0.05) is 0 Å². The molecule has 0 saturated carbocycles. The van der Waals surface area contributed by atoms with Crippen molar-refractivity contribution in [2.24, 2.45) is 10.9 Å². The van der Waals surface area contributed by atoms with Crippen molar-refractivity contribution in [3.05, 3.63) is 0 Å². The quantitative estimate of drug-likeness (QED) is 0.614. The molecule has 1 rings (SSSR count). The van der Waals surface area contributed by atoms with Gasteiger partial charge in [-0.05, 0) is 32.6 Å². The summed E-state index contributed by atoms with van der Waals surface area (Å²) in [5.74, 6) is 0.674. The van der Waals surface area contributed by atoms with Crippen molar-refractivity contribution in [3.63, 3.8) is 0 Å². The summed E-state index contributed by atoms with van der Waals surface area (Å²) >= 11 is 0. The van der Waals surface area contributed by atoms with Gasteiger partial charge < -0.3 is 4.74 Å². The molecule has 78 valence electrons. The van der Waals surface area contributed by atoms with Crippen molar-refractivity contribution in [1.29, 1.82) is 0 Å². The van der Waals surface area contributed by atoms with Crippen LogP contribution in [-0.4, -0.2) is 18.5 Å². The molecule has 1 unspecified atom stereocenters. The minimum atomic E-state index is 0.0805. The van der Waals surface area contributed by atoms with E-state index in [1.165, 1.54) is 6.42 Å². The fraction of sp³-hybridized carbons (Fsp3) is 0.909. The van der Waals surface area contributed by atoms with E-state index in [-0.39, 0.29) is 5.54 Å². The molecule has 0 radical (unpaired) electrons. The lowest BCUT2D eigenvalue weighted by Crippen LogP contribution is -2.20. The predicted molar refractivity (Wildman–Crippen MR) is 58.3 cm³/mol. The molecule has 1 atom stereocenters. The molecule has 0 aromatic rings. The van der Waals surface area contributed by atoms with Gasteiger partial charge in [-0.2, -0.15) is 0 Å². The molecule has 0 spiro atoms. The second kappa shape index (κ2) is 6.01. The van der Waals surface area contributed by atoms with E-state index in [4.69, 9.17) is 4.74 Å². The Bertz CT molecular complexity index is 152. The van der Waals surface area contributed by atoms with E-state index in [2.05, 4.69) is 25.8 Å². The summed E-state index contributed by atoms with van der Waals surface area (Å²) in [6.07, 6.45) is 3.93. The average Bonchev–Trinajstić information content (AvgIpc) is 2.29. The topological polar surface area (TPSA) is 21.6 Å². The number of nitrogens with zero attached hydrogens (tertiary/aromatic N) is 1. The lowest BCUT2D eigenvalue weighted by Gasteiger charge is -2.21. The van der Waals surface area contributed by atoms with Gasteiger partial charge in [-0.1, -0.05) is 20.8 Å². The Morgan fingerprint density at radius 3 is 2.62 bits per heavy atom. The maximum Gasteiger partial charge on any atom is 0.169 e. The number of hydrogen-bond acceptors (Lipinski definition) is 2. The van der Waals surface area contributed by atoms with E-state index in [0.29, 0.717) is 5.92 Å². The standard InChI is InChI=1S/C9H17NO.C2H6/c1-4-8-5-9(2,3)10-7-11-6-8;1-2/h7-8H,4-6H2,1-3H3;1-2H3. The first-order chi connectivity index (χ1) is 6.14. The highest BCUT2D eigenvalue weighted by molar-refractivity contribution is 5.47. The fourth-order valence-electron chi connectivity index (χ4n) is 1.44. The number of aliphatic imine (C=N–C) groups is 1. The SMILES string of the molecule is CC.CCC1COC=NC(C)(C)C1. The molecule has 13 heavy (non-hydrogen) atoms. The molecule has 0 saturated heterocycles. The van der Waals surface area contributed by atoms with Crippen molar-refractivity contribution < 1.29 is 4.74 Å². The number of rotatable bonds is 1. The molecule has 0 aromatic carbocycles. The van der Waals surface area contributed by atoms with E-state index < -0.39 is 0 Å². The zero-order valence-corrected chi connectivity index (χ0v) is 9.63. The first-order valence-corrected chi connectivity index (χ1v) is 5.29. The smallest absolute Gasteiger partial charge is 0.169 e. The van der Waals surface area contributed by atoms with Crippen LogP contribution in [-0.2, 0) is 4.74 Å². The van der Waals surface area contributed by atoms with E-state index in [1.54, 1.807) is 6.40 Å². The van der Waals surface area contributed by atoms with Crippen LogP contribution in [0.4, 0.5) is 0 Å². The molecule has 0 fully saturated rings. The van der Waals surface area contributed by atoms with Gasteiger partial charge >= 0.3 is 0 Å². The highest BCUT2D eigenvalue weighted by Gasteiger charge is 2.23. The molecule has 0 bridgehead atoms. The lowest BCUT2D eigenvalue weighted by molar-refractivity contribution is 0.233. The zero-order valence-electron chi connectivity index (χ0n) is 9.63. The fourth-order valence-corrected chi connectivity index (χ4v) is 1.44. The Morgan fingerprint density at radius 2 is 2.08 bits per heavy atom. The van der Waals surface area contributed by atoms with Gasteiger partial charge in [-0.3, -0.25) is 4.99 Å². The van der Waals surface area contributed by atoms with Crippen LogP contribution in [0.3, 0.4) is 0 Å². The van der Waals surface area contributed by atoms with Gasteiger partial charge in [0.15, 0.2) is 6.40 Å². The molecule has 2 heteroatoms. The Labute approximate surface area is 82.4 Å². The second-order valence-corrected chi connectivity index (χ2v) is 3.86. The van der Waals surface area contributed by atoms with Crippen LogP contribution < -0.4 is 0 Å². The molecule has 2 nitrogen and oxygen atoms in total. The van der Waals surface area contributed by atoms with Crippen LogP contribution in [0.2, 0.25) is 0 Å². The summed E-state index contributed by atoms with van der Waals surface area (Å²) in [5.41, 5.74) is 0.0805. The molecule has 1 aliphatic rings. The highest BCUT2D eigenvalue weighted by atomic mass is 16.5. The normalized spacial score (nSPS) is 25.2. The second-order valence-electron chi connectivity index (χ2n) is 3.86. The largest absolute Gasteiger partial charge is 0.483 e. The van der Waals surface area contributed by atoms with Crippen LogP contribution >= 0.6 is 0 Å². The predicted octanol–water partition coefficient (Wildman–Crippen LogP) is 3.27. The Morgan fingerprint density at radius 1 is 1.46 bits per heavy atom. The van der Waals surface area contributed by atoms with Crippen molar-refractivity contribution in [3.8, 4) is 0 Å². The van der Waals surface area contributed by atoms with E-state index in [0.717, 1.165) is 13.0 Å². The van der Waals surface area contributed by atoms with Gasteiger partial charge in [-0.15, -0.1) is 0 Å². The minimum Gasteiger partial charge on any atom is -0.483 e. The molecular weight excluding hydrogens is 162 g/mol. The number of hydrogen-bond donors (Lipinski definition) is 0. The summed E-state index contributed by atoms with van der Waals surface area (Å²) in [4.78, 5) is 4.31. The van der Waals surface area contributed by atoms with Crippen molar-refractivity contribution in [1.82, 2.24) is 0 Å². The number of ether oxygens (including phenoxy) is 1. The first kappa shape index (κ1) is 12.5. The van der Waals surface area contributed by atoms with E-state index in [1.807, 2.05) is 13.8 Å². The molecule has 0 amide bonds. The summed E-state index contributed by atoms with van der Waals surface area (Å²) in [7, 11) is 0. The molecule has 0 N–H and O–H groups in total. The third kappa shape index (κ3) is 4.91. The molecule has 1 heterocycles. The monoisotopic (exact) mass is 185 g/mol. The van der Waals surface area contributed by atoms with Gasteiger partial charge in [0.05, 0.1) is 12.1 Å². The van der Waals surface area contributed by atoms with Gasteiger partial charge in [0.1, 0.15) is 0 Å². The summed E-state index contributed by atoms with van der Waals surface area (Å²) in [5, 5.41) is 0. The third-order valence-electron chi connectivity index (χ3n) is 2.17. The van der Waals surface area contributed by atoms with E-state index in [9.17, 15) is 0 Å². The van der Waals surface area contributed by atoms with E-state index >= 15 is 0 Å². The van der Waals surface area contributed by atoms with Gasteiger partial charge in [0.2, 0.25) is 0 Å². The van der Waals surface area contributed by atoms with Crippen molar-refractivity contribution >= 4 is 6.40 Å². The van der Waals surface area contributed by atoms with Crippen LogP contribution in [0, 0.1) is 5.92 Å². The van der Waals surface area contributed by atoms with Gasteiger partial charge in [-0.25, -0.2) is 0 Å². The summed E-state index contributed by atoms with van der Waals surface area (Å²) in [6.45, 7) is 11.3. The Balaban J connectivity index is 0.000000671. The van der Waals surface area contributed by atoms with Crippen LogP contribution in [0.5, 0.6) is 0 Å². The first-order valence-electron chi connectivity index (χ1n) is 5.29. The van der Waals surface area contributed by atoms with Gasteiger partial charge in [0.25, 0.3) is 0 Å². The van der Waals surface area contributed by atoms with Crippen molar-refractivity contribution in [2.75, 3.05) is 6.61 Å². The molecule has 0 aliphatic carbocycles. The highest BCUT2D eigenvalue weighted by Crippen LogP contribution is 2.24. The Hall–Kier alpha value is -0.530. The summed E-state index contributed by atoms with van der Waals surface area (Å²) in [6, 6.07) is 0. The average molecular weight is 185 g/mol. The molecular formula is C11H23NO. The maximum absolute atomic E-state index is 5.24. The van der Waals surface area contributed by atoms with Crippen LogP contribution in [0.25, 0.3) is 0 Å². The molecule has 0 aromatic heterocycles. The maximum atomic E-state index is 5.24. The van der Waals surface area contributed by atoms with Crippen LogP contribution in [0.1, 0.15) is 47.5 Å². The molecule has 1 aliphatic heterocycles. The van der Waals surface area contributed by atoms with Crippen LogP contribution in [0.15, 0.2) is 4.99 Å².